The molecule has 0 aromatic carbocycles. The Morgan fingerprint density at radius 3 is 3.05 bits per heavy atom. The molecule has 1 aromatic rings. The molecule has 1 N–H and O–H groups in total. The van der Waals surface area contributed by atoms with Gasteiger partial charge in [-0.1, -0.05) is 6.07 Å². The van der Waals surface area contributed by atoms with Gasteiger partial charge >= 0.3 is 0 Å². The van der Waals surface area contributed by atoms with Gasteiger partial charge in [0.05, 0.1) is 6.04 Å². The maximum absolute atomic E-state index is 12.5. The predicted molar refractivity (Wildman–Crippen MR) is 72.8 cm³/mol. The second-order valence-corrected chi connectivity index (χ2v) is 5.74. The van der Waals surface area contributed by atoms with Crippen molar-refractivity contribution in [2.75, 3.05) is 6.54 Å². The predicted octanol–water partition coefficient (Wildman–Crippen LogP) is 1.68. The van der Waals surface area contributed by atoms with E-state index >= 15 is 0 Å². The highest BCUT2D eigenvalue weighted by Gasteiger charge is 2.33. The van der Waals surface area contributed by atoms with Crippen LogP contribution >= 0.6 is 11.3 Å². The second-order valence-electron chi connectivity index (χ2n) is 4.77. The topological polar surface area (TPSA) is 61.8 Å². The molecule has 1 fully saturated rings. The van der Waals surface area contributed by atoms with Gasteiger partial charge in [0.1, 0.15) is 5.71 Å². The van der Waals surface area contributed by atoms with Crippen molar-refractivity contribution in [3.63, 3.8) is 0 Å². The smallest absolute Gasteiger partial charge is 0.270 e. The van der Waals surface area contributed by atoms with Crippen LogP contribution in [-0.2, 0) is 9.59 Å². The molecule has 2 aliphatic rings. The fourth-order valence-corrected chi connectivity index (χ4v) is 3.45. The van der Waals surface area contributed by atoms with Gasteiger partial charge in [-0.25, -0.2) is 5.43 Å². The summed E-state index contributed by atoms with van der Waals surface area (Å²) < 4.78 is 0. The van der Waals surface area contributed by atoms with Crippen LogP contribution in [0.15, 0.2) is 22.6 Å². The van der Waals surface area contributed by atoms with Gasteiger partial charge in [0.25, 0.3) is 5.91 Å². The number of likely N-dealkylation sites (tertiary alicyclic amines) is 1. The van der Waals surface area contributed by atoms with E-state index in [1.165, 1.54) is 4.88 Å². The third-order valence-corrected chi connectivity index (χ3v) is 4.51. The summed E-state index contributed by atoms with van der Waals surface area (Å²) in [6.45, 7) is 0.772. The lowest BCUT2D eigenvalue weighted by molar-refractivity contribution is -0.125. The Balaban J connectivity index is 1.77. The zero-order chi connectivity index (χ0) is 13.2. The normalized spacial score (nSPS) is 23.2. The molecule has 100 valence electrons. The number of hydrazone groups is 1. The molecular weight excluding hydrogens is 262 g/mol. The summed E-state index contributed by atoms with van der Waals surface area (Å²) >= 11 is 1.68. The molecule has 0 radical (unpaired) electrons. The highest BCUT2D eigenvalue weighted by atomic mass is 32.1. The molecular formula is C13H15N3O2S. The Bertz CT molecular complexity index is 524. The largest absolute Gasteiger partial charge is 0.330 e. The number of carbonyl (C=O) groups excluding carboxylic acids is 2. The van der Waals surface area contributed by atoms with Crippen molar-refractivity contribution < 1.29 is 9.59 Å². The average molecular weight is 277 g/mol. The number of nitrogens with zero attached hydrogens (tertiary/aromatic N) is 2. The van der Waals surface area contributed by atoms with Crippen LogP contribution in [0.25, 0.3) is 0 Å². The molecule has 1 unspecified atom stereocenters. The second kappa shape index (κ2) is 5.13. The van der Waals surface area contributed by atoms with E-state index in [2.05, 4.69) is 16.6 Å². The number of thiophene rings is 1. The van der Waals surface area contributed by atoms with Crippen LogP contribution in [0.3, 0.4) is 0 Å². The van der Waals surface area contributed by atoms with E-state index in [1.54, 1.807) is 11.3 Å². The Labute approximate surface area is 115 Å². The Morgan fingerprint density at radius 1 is 1.47 bits per heavy atom. The molecule has 0 aliphatic carbocycles. The SMILES string of the molecule is O=C1CCC(C(=O)N2CCCC2c2cccs2)=NN1. The molecule has 1 atom stereocenters. The summed E-state index contributed by atoms with van der Waals surface area (Å²) in [5, 5.41) is 5.94. The van der Waals surface area contributed by atoms with Crippen molar-refractivity contribution in [3.8, 4) is 0 Å². The van der Waals surface area contributed by atoms with Crippen molar-refractivity contribution in [2.24, 2.45) is 5.10 Å². The van der Waals surface area contributed by atoms with Gasteiger partial charge in [0, 0.05) is 24.3 Å². The Hall–Kier alpha value is -1.69. The van der Waals surface area contributed by atoms with E-state index in [0.29, 0.717) is 18.6 Å². The van der Waals surface area contributed by atoms with Gasteiger partial charge < -0.3 is 4.90 Å². The molecule has 0 saturated carbocycles. The van der Waals surface area contributed by atoms with Gasteiger partial charge in [0.2, 0.25) is 5.91 Å². The number of nitrogens with one attached hydrogen (secondary N) is 1. The van der Waals surface area contributed by atoms with Gasteiger partial charge in [-0.05, 0) is 24.3 Å². The molecule has 6 heteroatoms. The molecule has 0 bridgehead atoms. The molecule has 1 saturated heterocycles. The van der Waals surface area contributed by atoms with E-state index in [9.17, 15) is 9.59 Å². The van der Waals surface area contributed by atoms with Gasteiger partial charge in [-0.2, -0.15) is 5.10 Å². The van der Waals surface area contributed by atoms with Gasteiger partial charge in [0.15, 0.2) is 0 Å². The lowest BCUT2D eigenvalue weighted by atomic mass is 10.1. The first kappa shape index (κ1) is 12.3. The minimum atomic E-state index is -0.118. The van der Waals surface area contributed by atoms with Crippen LogP contribution in [0.1, 0.15) is 36.6 Å². The number of hydrogen-bond acceptors (Lipinski definition) is 4. The van der Waals surface area contributed by atoms with Crippen molar-refractivity contribution in [3.05, 3.63) is 22.4 Å². The van der Waals surface area contributed by atoms with Crippen LogP contribution in [-0.4, -0.2) is 29.0 Å². The standard InChI is InChI=1S/C13H15N3O2S/c17-12-6-5-9(14-15-12)13(18)16-7-1-3-10(16)11-4-2-8-19-11/h2,4,8,10H,1,3,5-7H2,(H,15,17). The first-order valence-electron chi connectivity index (χ1n) is 6.45. The van der Waals surface area contributed by atoms with Crippen LogP contribution in [0.5, 0.6) is 0 Å². The van der Waals surface area contributed by atoms with Crippen LogP contribution < -0.4 is 5.43 Å². The molecule has 3 heterocycles. The summed E-state index contributed by atoms with van der Waals surface area (Å²) in [5.41, 5.74) is 2.87. The minimum absolute atomic E-state index is 0.0316. The van der Waals surface area contributed by atoms with E-state index in [1.807, 2.05) is 16.3 Å². The van der Waals surface area contributed by atoms with Crippen LogP contribution in [0.4, 0.5) is 0 Å². The monoisotopic (exact) mass is 277 g/mol. The molecule has 2 aliphatic heterocycles. The Morgan fingerprint density at radius 2 is 2.37 bits per heavy atom. The van der Waals surface area contributed by atoms with Crippen LogP contribution in [0, 0.1) is 0 Å². The number of amides is 2. The lowest BCUT2D eigenvalue weighted by Gasteiger charge is -2.25. The third-order valence-electron chi connectivity index (χ3n) is 3.54. The molecule has 5 nitrogen and oxygen atoms in total. The highest BCUT2D eigenvalue weighted by Crippen LogP contribution is 2.34. The zero-order valence-electron chi connectivity index (χ0n) is 10.5. The molecule has 19 heavy (non-hydrogen) atoms. The van der Waals surface area contributed by atoms with Crippen molar-refractivity contribution in [1.29, 1.82) is 0 Å². The average Bonchev–Trinajstić information content (AvgIpc) is 3.09. The van der Waals surface area contributed by atoms with Crippen molar-refractivity contribution in [1.82, 2.24) is 10.3 Å². The zero-order valence-corrected chi connectivity index (χ0v) is 11.3. The van der Waals surface area contributed by atoms with Crippen molar-refractivity contribution in [2.45, 2.75) is 31.7 Å². The molecule has 0 spiro atoms. The Kier molecular flexibility index (Phi) is 3.33. The molecule has 2 amide bonds. The van der Waals surface area contributed by atoms with E-state index in [0.717, 1.165) is 19.4 Å². The highest BCUT2D eigenvalue weighted by molar-refractivity contribution is 7.10. The summed E-state index contributed by atoms with van der Waals surface area (Å²) in [5.74, 6) is -0.149. The van der Waals surface area contributed by atoms with E-state index < -0.39 is 0 Å². The van der Waals surface area contributed by atoms with Gasteiger partial charge in [-0.15, -0.1) is 11.3 Å². The summed E-state index contributed by atoms with van der Waals surface area (Å²) in [6.07, 6.45) is 2.82. The summed E-state index contributed by atoms with van der Waals surface area (Å²) in [4.78, 5) is 26.6. The first-order valence-corrected chi connectivity index (χ1v) is 7.33. The van der Waals surface area contributed by atoms with Gasteiger partial charge in [-0.3, -0.25) is 9.59 Å². The third kappa shape index (κ3) is 2.40. The fourth-order valence-electron chi connectivity index (χ4n) is 2.58. The fraction of sp³-hybridized carbons (Fsp3) is 0.462. The van der Waals surface area contributed by atoms with Crippen LogP contribution in [0.2, 0.25) is 0 Å². The number of carbonyl (C=O) groups is 2. The summed E-state index contributed by atoms with van der Waals surface area (Å²) in [6, 6.07) is 4.26. The van der Waals surface area contributed by atoms with E-state index in [-0.39, 0.29) is 17.9 Å². The first-order chi connectivity index (χ1) is 9.25. The maximum atomic E-state index is 12.5. The lowest BCUT2D eigenvalue weighted by Crippen LogP contribution is -2.39. The number of hydrogen-bond donors (Lipinski definition) is 1. The quantitative estimate of drug-likeness (QED) is 0.894. The maximum Gasteiger partial charge on any atom is 0.270 e. The number of rotatable bonds is 2. The van der Waals surface area contributed by atoms with Crippen molar-refractivity contribution >= 4 is 28.9 Å². The summed E-state index contributed by atoms with van der Waals surface area (Å²) in [7, 11) is 0. The van der Waals surface area contributed by atoms with E-state index in [4.69, 9.17) is 0 Å². The molecule has 1 aromatic heterocycles. The minimum Gasteiger partial charge on any atom is -0.330 e. The molecule has 3 rings (SSSR count).